The van der Waals surface area contributed by atoms with Gasteiger partial charge in [-0.05, 0) is 48.2 Å². The third kappa shape index (κ3) is 3.10. The Balaban J connectivity index is 1.47. The van der Waals surface area contributed by atoms with Crippen LogP contribution >= 0.6 is 0 Å². The number of rotatable bonds is 2. The predicted octanol–water partition coefficient (Wildman–Crippen LogP) is 3.14. The molecule has 3 aliphatic rings. The van der Waals surface area contributed by atoms with Crippen LogP contribution in [0.5, 0.6) is 0 Å². The van der Waals surface area contributed by atoms with E-state index in [1.54, 1.807) is 0 Å². The van der Waals surface area contributed by atoms with Crippen LogP contribution in [0.2, 0.25) is 0 Å². The van der Waals surface area contributed by atoms with Crippen LogP contribution < -0.4 is 5.32 Å². The number of ether oxygens (including phenoxy) is 1. The first-order valence-corrected chi connectivity index (χ1v) is 9.81. The van der Waals surface area contributed by atoms with Crippen molar-refractivity contribution in [2.75, 3.05) is 26.2 Å². The normalized spacial score (nSPS) is 27.2. The van der Waals surface area contributed by atoms with Gasteiger partial charge in [0.2, 0.25) is 0 Å². The molecule has 3 heterocycles. The summed E-state index contributed by atoms with van der Waals surface area (Å²) in [7, 11) is 0. The van der Waals surface area contributed by atoms with Crippen LogP contribution in [0, 0.1) is 11.7 Å². The Morgan fingerprint density at radius 2 is 1.96 bits per heavy atom. The number of hydrogen-bond acceptors (Lipinski definition) is 4. The van der Waals surface area contributed by atoms with Crippen LogP contribution in [-0.2, 0) is 11.2 Å². The van der Waals surface area contributed by atoms with Gasteiger partial charge in [0.1, 0.15) is 11.9 Å². The first-order chi connectivity index (χ1) is 13.3. The summed E-state index contributed by atoms with van der Waals surface area (Å²) in [6, 6.07) is 16.1. The number of nitrogens with one attached hydrogen (secondary N) is 1. The number of nitrogens with zero attached hydrogens (tertiary/aromatic N) is 2. The standard InChI is InChI=1S/C22H24FN3O/c23-18-7-5-16(6-8-18)21-19-4-2-1-3-15(19)10-12-26(21)22-25-14-20(27-22)17-9-11-24-13-17/h1-8,17,20-21,24H,9-14H2/t17-,20?,21-/m0/s1. The van der Waals surface area contributed by atoms with Crippen molar-refractivity contribution in [3.05, 3.63) is 71.0 Å². The number of halogens is 1. The lowest BCUT2D eigenvalue weighted by molar-refractivity contribution is 0.126. The minimum atomic E-state index is -0.211. The third-order valence-corrected chi connectivity index (χ3v) is 6.00. The van der Waals surface area contributed by atoms with Gasteiger partial charge < -0.3 is 15.0 Å². The van der Waals surface area contributed by atoms with Crippen molar-refractivity contribution in [1.29, 1.82) is 0 Å². The summed E-state index contributed by atoms with van der Waals surface area (Å²) in [6.07, 6.45) is 2.28. The van der Waals surface area contributed by atoms with E-state index in [1.165, 1.54) is 23.3 Å². The molecule has 3 atom stereocenters. The number of hydrogen-bond donors (Lipinski definition) is 1. The Morgan fingerprint density at radius 1 is 1.11 bits per heavy atom. The Morgan fingerprint density at radius 3 is 2.78 bits per heavy atom. The number of amidine groups is 1. The van der Waals surface area contributed by atoms with Gasteiger partial charge in [0.15, 0.2) is 0 Å². The number of aliphatic imine (C=N–C) groups is 1. The fraction of sp³-hybridized carbons (Fsp3) is 0.409. The van der Waals surface area contributed by atoms with Crippen molar-refractivity contribution in [1.82, 2.24) is 10.2 Å². The number of benzene rings is 2. The van der Waals surface area contributed by atoms with E-state index in [0.29, 0.717) is 5.92 Å². The zero-order valence-electron chi connectivity index (χ0n) is 15.3. The molecule has 1 fully saturated rings. The van der Waals surface area contributed by atoms with Crippen molar-refractivity contribution in [2.24, 2.45) is 10.9 Å². The molecule has 0 bridgehead atoms. The van der Waals surface area contributed by atoms with Crippen LogP contribution in [0.1, 0.15) is 29.2 Å². The summed E-state index contributed by atoms with van der Waals surface area (Å²) in [5.41, 5.74) is 3.67. The highest BCUT2D eigenvalue weighted by atomic mass is 19.1. The summed E-state index contributed by atoms with van der Waals surface area (Å²) in [6.45, 7) is 3.66. The van der Waals surface area contributed by atoms with Gasteiger partial charge >= 0.3 is 0 Å². The largest absolute Gasteiger partial charge is 0.460 e. The molecule has 0 radical (unpaired) electrons. The highest BCUT2D eigenvalue weighted by molar-refractivity contribution is 5.77. The van der Waals surface area contributed by atoms with Gasteiger partial charge in [-0.3, -0.25) is 0 Å². The third-order valence-electron chi connectivity index (χ3n) is 6.00. The molecular weight excluding hydrogens is 341 g/mol. The van der Waals surface area contributed by atoms with Crippen LogP contribution in [0.4, 0.5) is 4.39 Å². The quantitative estimate of drug-likeness (QED) is 0.888. The Bertz CT molecular complexity index is 845. The molecule has 5 rings (SSSR count). The monoisotopic (exact) mass is 365 g/mol. The van der Waals surface area contributed by atoms with E-state index in [9.17, 15) is 4.39 Å². The molecule has 0 spiro atoms. The molecule has 0 saturated carbocycles. The lowest BCUT2D eigenvalue weighted by Gasteiger charge is -2.38. The molecule has 1 saturated heterocycles. The highest BCUT2D eigenvalue weighted by Crippen LogP contribution is 2.37. The molecule has 140 valence electrons. The number of fused-ring (bicyclic) bond motifs is 1. The van der Waals surface area contributed by atoms with Crippen molar-refractivity contribution < 1.29 is 9.13 Å². The molecule has 27 heavy (non-hydrogen) atoms. The molecule has 0 aromatic heterocycles. The summed E-state index contributed by atoms with van der Waals surface area (Å²) in [5.74, 6) is 0.324. The maximum Gasteiger partial charge on any atom is 0.288 e. The van der Waals surface area contributed by atoms with Gasteiger partial charge in [-0.2, -0.15) is 0 Å². The van der Waals surface area contributed by atoms with Crippen LogP contribution in [0.15, 0.2) is 53.5 Å². The van der Waals surface area contributed by atoms with Gasteiger partial charge in [-0.25, -0.2) is 9.38 Å². The van der Waals surface area contributed by atoms with Crippen molar-refractivity contribution in [3.8, 4) is 0 Å². The second-order valence-corrected chi connectivity index (χ2v) is 7.63. The molecule has 2 aromatic carbocycles. The smallest absolute Gasteiger partial charge is 0.288 e. The molecule has 3 aliphatic heterocycles. The van der Waals surface area contributed by atoms with E-state index in [-0.39, 0.29) is 18.0 Å². The van der Waals surface area contributed by atoms with Gasteiger partial charge in [0.25, 0.3) is 6.02 Å². The van der Waals surface area contributed by atoms with Crippen molar-refractivity contribution in [3.63, 3.8) is 0 Å². The molecule has 1 unspecified atom stereocenters. The Kier molecular flexibility index (Phi) is 4.32. The summed E-state index contributed by atoms with van der Waals surface area (Å²) >= 11 is 0. The fourth-order valence-electron chi connectivity index (χ4n) is 4.55. The Hall–Kier alpha value is -2.40. The van der Waals surface area contributed by atoms with Crippen LogP contribution in [-0.4, -0.2) is 43.2 Å². The van der Waals surface area contributed by atoms with E-state index in [1.807, 2.05) is 12.1 Å². The van der Waals surface area contributed by atoms with E-state index < -0.39 is 0 Å². The van der Waals surface area contributed by atoms with Gasteiger partial charge in [0, 0.05) is 19.0 Å². The highest BCUT2D eigenvalue weighted by Gasteiger charge is 2.37. The van der Waals surface area contributed by atoms with E-state index in [4.69, 9.17) is 9.73 Å². The van der Waals surface area contributed by atoms with Gasteiger partial charge in [-0.1, -0.05) is 36.4 Å². The van der Waals surface area contributed by atoms with Crippen LogP contribution in [0.3, 0.4) is 0 Å². The molecule has 0 aliphatic carbocycles. The molecule has 1 N–H and O–H groups in total. The second-order valence-electron chi connectivity index (χ2n) is 7.63. The average molecular weight is 365 g/mol. The van der Waals surface area contributed by atoms with Crippen molar-refractivity contribution in [2.45, 2.75) is 25.0 Å². The molecule has 4 nitrogen and oxygen atoms in total. The first-order valence-electron chi connectivity index (χ1n) is 9.81. The maximum atomic E-state index is 13.5. The van der Waals surface area contributed by atoms with Gasteiger partial charge in [-0.15, -0.1) is 0 Å². The second kappa shape index (κ2) is 6.97. The minimum absolute atomic E-state index is 0.00903. The van der Waals surface area contributed by atoms with Crippen LogP contribution in [0.25, 0.3) is 0 Å². The lowest BCUT2D eigenvalue weighted by Crippen LogP contribution is -2.42. The minimum Gasteiger partial charge on any atom is -0.460 e. The zero-order valence-corrected chi connectivity index (χ0v) is 15.3. The van der Waals surface area contributed by atoms with Crippen molar-refractivity contribution >= 4 is 6.02 Å². The zero-order chi connectivity index (χ0) is 18.2. The Labute approximate surface area is 159 Å². The fourth-order valence-corrected chi connectivity index (χ4v) is 4.55. The molecule has 2 aromatic rings. The molecular formula is C22H24FN3O. The molecule has 0 amide bonds. The molecule has 5 heteroatoms. The maximum absolute atomic E-state index is 13.5. The summed E-state index contributed by atoms with van der Waals surface area (Å²) in [5, 5.41) is 3.42. The SMILES string of the molecule is Fc1ccc([C@H]2c3ccccc3CCN2C2=NCC([C@H]3CCNC3)O2)cc1. The van der Waals surface area contributed by atoms with E-state index >= 15 is 0 Å². The first kappa shape index (κ1) is 16.8. The topological polar surface area (TPSA) is 36.9 Å². The van der Waals surface area contributed by atoms with E-state index in [0.717, 1.165) is 50.6 Å². The average Bonchev–Trinajstić information content (AvgIpc) is 3.39. The summed E-state index contributed by atoms with van der Waals surface area (Å²) < 4.78 is 19.8. The predicted molar refractivity (Wildman–Crippen MR) is 103 cm³/mol. The van der Waals surface area contributed by atoms with Gasteiger partial charge in [0.05, 0.1) is 12.6 Å². The summed E-state index contributed by atoms with van der Waals surface area (Å²) in [4.78, 5) is 7.03. The lowest BCUT2D eigenvalue weighted by atomic mass is 9.88. The van der Waals surface area contributed by atoms with E-state index in [2.05, 4.69) is 34.5 Å².